The van der Waals surface area contributed by atoms with Gasteiger partial charge in [-0.2, -0.15) is 0 Å². The molecule has 10 heteroatoms. The maximum absolute atomic E-state index is 12.5. The second-order valence-electron chi connectivity index (χ2n) is 7.00. The first-order chi connectivity index (χ1) is 14.8. The first kappa shape index (κ1) is 21.9. The molecule has 1 heterocycles. The van der Waals surface area contributed by atoms with Crippen molar-refractivity contribution in [2.45, 2.75) is 13.0 Å². The maximum Gasteiger partial charge on any atom is 0.313 e. The minimum atomic E-state index is -1.01. The lowest BCUT2D eigenvalue weighted by molar-refractivity contribution is -0.384. The van der Waals surface area contributed by atoms with Crippen LogP contribution in [0.5, 0.6) is 0 Å². The Morgan fingerprint density at radius 3 is 2.61 bits per heavy atom. The summed E-state index contributed by atoms with van der Waals surface area (Å²) in [4.78, 5) is 48.6. The molecule has 1 aliphatic heterocycles. The molecule has 0 spiro atoms. The summed E-state index contributed by atoms with van der Waals surface area (Å²) in [6, 6.07) is 13.4. The third kappa shape index (κ3) is 5.64. The van der Waals surface area contributed by atoms with Crippen molar-refractivity contribution in [3.05, 3.63) is 69.8 Å². The first-order valence-electron chi connectivity index (χ1n) is 9.63. The van der Waals surface area contributed by atoms with Crippen molar-refractivity contribution < 1.29 is 24.0 Å². The Morgan fingerprint density at radius 1 is 1.16 bits per heavy atom. The number of hydrogen-bond donors (Lipinski definition) is 2. The molecule has 31 heavy (non-hydrogen) atoms. The van der Waals surface area contributed by atoms with Crippen LogP contribution in [-0.2, 0) is 19.1 Å². The van der Waals surface area contributed by atoms with E-state index in [0.29, 0.717) is 25.3 Å². The Labute approximate surface area is 178 Å². The van der Waals surface area contributed by atoms with Gasteiger partial charge in [0, 0.05) is 18.7 Å². The lowest BCUT2D eigenvalue weighted by Crippen LogP contribution is -2.48. The van der Waals surface area contributed by atoms with Crippen molar-refractivity contribution in [3.8, 4) is 0 Å². The predicted octanol–water partition coefficient (Wildman–Crippen LogP) is 1.56. The number of anilines is 1. The van der Waals surface area contributed by atoms with Crippen LogP contribution in [0.4, 0.5) is 11.4 Å². The van der Waals surface area contributed by atoms with Gasteiger partial charge in [0.25, 0.3) is 5.69 Å². The number of rotatable bonds is 5. The highest BCUT2D eigenvalue weighted by Gasteiger charge is 2.26. The van der Waals surface area contributed by atoms with Crippen LogP contribution in [-0.4, -0.2) is 53.8 Å². The predicted molar refractivity (Wildman–Crippen MR) is 111 cm³/mol. The number of hydrogen-bond acceptors (Lipinski definition) is 6. The number of amides is 3. The third-order valence-corrected chi connectivity index (χ3v) is 4.88. The lowest BCUT2D eigenvalue weighted by atomic mass is 10.1. The van der Waals surface area contributed by atoms with Gasteiger partial charge in [0.05, 0.1) is 30.3 Å². The summed E-state index contributed by atoms with van der Waals surface area (Å²) in [5, 5.41) is 15.5. The van der Waals surface area contributed by atoms with E-state index in [1.165, 1.54) is 18.2 Å². The monoisotopic (exact) mass is 426 g/mol. The van der Waals surface area contributed by atoms with E-state index in [2.05, 4.69) is 10.6 Å². The molecule has 2 aromatic carbocycles. The second-order valence-corrected chi connectivity index (χ2v) is 7.00. The summed E-state index contributed by atoms with van der Waals surface area (Å²) in [6.07, 6.45) is -0.255. The number of non-ortho nitro benzene ring substituents is 1. The lowest BCUT2D eigenvalue weighted by Gasteiger charge is -2.33. The second kappa shape index (κ2) is 9.81. The molecule has 162 valence electrons. The zero-order chi connectivity index (χ0) is 22.4. The van der Waals surface area contributed by atoms with E-state index in [-0.39, 0.29) is 29.9 Å². The molecule has 0 aromatic heterocycles. The number of nitro benzene ring substituents is 1. The van der Waals surface area contributed by atoms with Gasteiger partial charge in [-0.1, -0.05) is 36.4 Å². The molecule has 0 radical (unpaired) electrons. The molecule has 1 saturated heterocycles. The van der Waals surface area contributed by atoms with E-state index in [1.807, 2.05) is 30.3 Å². The Bertz CT molecular complexity index is 995. The molecule has 3 rings (SSSR count). The number of nitro groups is 1. The fraction of sp³-hybridized carbons (Fsp3) is 0.286. The maximum atomic E-state index is 12.5. The van der Waals surface area contributed by atoms with Crippen LogP contribution >= 0.6 is 0 Å². The van der Waals surface area contributed by atoms with Crippen LogP contribution in [0.15, 0.2) is 48.5 Å². The van der Waals surface area contributed by atoms with Crippen molar-refractivity contribution in [1.82, 2.24) is 10.2 Å². The molecule has 3 amide bonds. The molecule has 1 fully saturated rings. The van der Waals surface area contributed by atoms with Gasteiger partial charge >= 0.3 is 11.8 Å². The van der Waals surface area contributed by atoms with Gasteiger partial charge in [-0.25, -0.2) is 0 Å². The van der Waals surface area contributed by atoms with E-state index < -0.39 is 16.7 Å². The summed E-state index contributed by atoms with van der Waals surface area (Å²) < 4.78 is 5.72. The van der Waals surface area contributed by atoms with Gasteiger partial charge in [-0.15, -0.1) is 0 Å². The van der Waals surface area contributed by atoms with Crippen LogP contribution in [0.3, 0.4) is 0 Å². The summed E-state index contributed by atoms with van der Waals surface area (Å²) in [5.41, 5.74) is 1.45. The van der Waals surface area contributed by atoms with Crippen molar-refractivity contribution in [2.75, 3.05) is 31.6 Å². The van der Waals surface area contributed by atoms with Gasteiger partial charge < -0.3 is 20.3 Å². The summed E-state index contributed by atoms with van der Waals surface area (Å²) in [7, 11) is 0. The number of benzene rings is 2. The molecular weight excluding hydrogens is 404 g/mol. The van der Waals surface area contributed by atoms with Gasteiger partial charge in [0.15, 0.2) is 0 Å². The van der Waals surface area contributed by atoms with Crippen molar-refractivity contribution in [3.63, 3.8) is 0 Å². The van der Waals surface area contributed by atoms with Crippen LogP contribution in [0.25, 0.3) is 0 Å². The Hall–Kier alpha value is -3.79. The molecule has 1 aliphatic rings. The smallest absolute Gasteiger partial charge is 0.313 e. The standard InChI is InChI=1S/C21H22N4O6/c1-14-7-8-16(25(29)30)11-17(14)23-21(28)20(27)22-12-19(26)24-9-10-31-18(13-24)15-5-3-2-4-6-15/h2-8,11,18H,9-10,12-13H2,1H3,(H,22,27)(H,23,28). The minimum Gasteiger partial charge on any atom is -0.370 e. The fourth-order valence-electron chi connectivity index (χ4n) is 3.13. The van der Waals surface area contributed by atoms with Gasteiger partial charge in [-0.05, 0) is 18.1 Å². The summed E-state index contributed by atoms with van der Waals surface area (Å²) >= 11 is 0. The van der Waals surface area contributed by atoms with Crippen molar-refractivity contribution >= 4 is 29.1 Å². The normalized spacial score (nSPS) is 15.8. The summed E-state index contributed by atoms with van der Waals surface area (Å²) in [5.74, 6) is -2.36. The molecule has 1 unspecified atom stereocenters. The van der Waals surface area contributed by atoms with E-state index in [0.717, 1.165) is 5.56 Å². The molecule has 10 nitrogen and oxygen atoms in total. The molecule has 0 aliphatic carbocycles. The molecular formula is C21H22N4O6. The fourth-order valence-corrected chi connectivity index (χ4v) is 3.13. The van der Waals surface area contributed by atoms with Gasteiger partial charge in [-0.3, -0.25) is 24.5 Å². The molecule has 2 aromatic rings. The average Bonchev–Trinajstić information content (AvgIpc) is 2.79. The first-order valence-corrected chi connectivity index (χ1v) is 9.63. The third-order valence-electron chi connectivity index (χ3n) is 4.88. The number of ether oxygens (including phenoxy) is 1. The zero-order valence-corrected chi connectivity index (χ0v) is 16.9. The molecule has 2 N–H and O–H groups in total. The van der Waals surface area contributed by atoms with Crippen molar-refractivity contribution in [1.29, 1.82) is 0 Å². The number of aryl methyl sites for hydroxylation is 1. The number of carbonyl (C=O) groups is 3. The van der Waals surface area contributed by atoms with Gasteiger partial charge in [0.1, 0.15) is 6.10 Å². The van der Waals surface area contributed by atoms with E-state index in [9.17, 15) is 24.5 Å². The highest BCUT2D eigenvalue weighted by Crippen LogP contribution is 2.22. The van der Waals surface area contributed by atoms with Crippen LogP contribution < -0.4 is 10.6 Å². The largest absolute Gasteiger partial charge is 0.370 e. The number of morpholine rings is 1. The van der Waals surface area contributed by atoms with E-state index >= 15 is 0 Å². The van der Waals surface area contributed by atoms with Crippen LogP contribution in [0.1, 0.15) is 17.2 Å². The minimum absolute atomic E-state index is 0.152. The SMILES string of the molecule is Cc1ccc([N+](=O)[O-])cc1NC(=O)C(=O)NCC(=O)N1CCOC(c2ccccc2)C1. The zero-order valence-electron chi connectivity index (χ0n) is 16.9. The van der Waals surface area contributed by atoms with Crippen LogP contribution in [0.2, 0.25) is 0 Å². The highest BCUT2D eigenvalue weighted by atomic mass is 16.6. The highest BCUT2D eigenvalue weighted by molar-refractivity contribution is 6.40. The van der Waals surface area contributed by atoms with Gasteiger partial charge in [0.2, 0.25) is 5.91 Å². The number of nitrogens with one attached hydrogen (secondary N) is 2. The number of nitrogens with zero attached hydrogens (tertiary/aromatic N) is 2. The summed E-state index contributed by atoms with van der Waals surface area (Å²) in [6.45, 7) is 2.39. The average molecular weight is 426 g/mol. The van der Waals surface area contributed by atoms with E-state index in [4.69, 9.17) is 4.74 Å². The number of carbonyl (C=O) groups excluding carboxylic acids is 3. The Balaban J connectivity index is 1.53. The topological polar surface area (TPSA) is 131 Å². The van der Waals surface area contributed by atoms with Crippen LogP contribution in [0, 0.1) is 17.0 Å². The van der Waals surface area contributed by atoms with E-state index in [1.54, 1.807) is 11.8 Å². The Kier molecular flexibility index (Phi) is 6.93. The molecule has 0 bridgehead atoms. The quantitative estimate of drug-likeness (QED) is 0.424. The molecule has 0 saturated carbocycles. The van der Waals surface area contributed by atoms with Crippen molar-refractivity contribution in [2.24, 2.45) is 0 Å². The molecule has 1 atom stereocenters. The Morgan fingerprint density at radius 2 is 1.90 bits per heavy atom.